The Morgan fingerprint density at radius 2 is 1.69 bits per heavy atom. The Bertz CT molecular complexity index is 967. The first kappa shape index (κ1) is 19.5. The van der Waals surface area contributed by atoms with Gasteiger partial charge in [-0.1, -0.05) is 30.3 Å². The van der Waals surface area contributed by atoms with Crippen LogP contribution in [0, 0.1) is 0 Å². The molecule has 1 fully saturated rings. The Morgan fingerprint density at radius 1 is 0.897 bits per heavy atom. The van der Waals surface area contributed by atoms with Gasteiger partial charge in [-0.2, -0.15) is 0 Å². The summed E-state index contributed by atoms with van der Waals surface area (Å²) >= 11 is 0. The zero-order chi connectivity index (χ0) is 20.1. The fourth-order valence-corrected chi connectivity index (χ4v) is 4.08. The quantitative estimate of drug-likeness (QED) is 0.641. The summed E-state index contributed by atoms with van der Waals surface area (Å²) in [4.78, 5) is 7.47. The van der Waals surface area contributed by atoms with Crippen molar-refractivity contribution in [3.05, 3.63) is 59.7 Å². The number of hydrogen-bond donors (Lipinski definition) is 1. The fraction of sp³-hybridized carbons (Fsp3) is 0.375. The van der Waals surface area contributed by atoms with Crippen LogP contribution in [-0.4, -0.2) is 32.3 Å². The molecule has 152 valence electrons. The summed E-state index contributed by atoms with van der Waals surface area (Å²) in [5.74, 6) is 2.66. The molecule has 0 atom stereocenters. The lowest BCUT2D eigenvalue weighted by Crippen LogP contribution is -2.31. The summed E-state index contributed by atoms with van der Waals surface area (Å²) in [6, 6.07) is 16.6. The van der Waals surface area contributed by atoms with E-state index < -0.39 is 0 Å². The Labute approximate surface area is 172 Å². The number of pyridine rings is 1. The Balaban J connectivity index is 1.57. The highest BCUT2D eigenvalue weighted by molar-refractivity contribution is 5.81. The van der Waals surface area contributed by atoms with Crippen molar-refractivity contribution in [3.63, 3.8) is 0 Å². The van der Waals surface area contributed by atoms with Crippen LogP contribution < -0.4 is 19.7 Å². The molecule has 1 saturated heterocycles. The molecular formula is C24H29N3O2. The van der Waals surface area contributed by atoms with Crippen LogP contribution in [0.4, 0.5) is 5.82 Å². The minimum absolute atomic E-state index is 0.701. The van der Waals surface area contributed by atoms with Crippen LogP contribution in [-0.2, 0) is 13.1 Å². The van der Waals surface area contributed by atoms with Gasteiger partial charge in [-0.3, -0.25) is 0 Å². The van der Waals surface area contributed by atoms with Gasteiger partial charge < -0.3 is 19.7 Å². The number of fused-ring (bicyclic) bond motifs is 1. The Hall–Kier alpha value is -2.79. The van der Waals surface area contributed by atoms with Crippen LogP contribution in [0.2, 0.25) is 0 Å². The standard InChI is InChI=1S/C24H29N3O2/c1-28-22-12-8-10-19(23(22)29-2)16-25-17-20-15-18-9-4-5-11-21(18)26-24(20)27-13-6-3-7-14-27/h4-5,8-12,15,25H,3,6-7,13-14,16-17H2,1-2H3. The minimum Gasteiger partial charge on any atom is -0.493 e. The molecule has 0 aliphatic carbocycles. The Morgan fingerprint density at radius 3 is 2.48 bits per heavy atom. The summed E-state index contributed by atoms with van der Waals surface area (Å²) in [6.45, 7) is 3.63. The maximum Gasteiger partial charge on any atom is 0.165 e. The molecule has 1 aliphatic rings. The molecule has 3 aromatic rings. The molecule has 2 aromatic carbocycles. The van der Waals surface area contributed by atoms with Crippen molar-refractivity contribution in [2.45, 2.75) is 32.4 Å². The second-order valence-corrected chi connectivity index (χ2v) is 7.47. The number of nitrogens with one attached hydrogen (secondary N) is 1. The number of benzene rings is 2. The zero-order valence-corrected chi connectivity index (χ0v) is 17.3. The number of ether oxygens (including phenoxy) is 2. The SMILES string of the molecule is COc1cccc(CNCc2cc3ccccc3nc2N2CCCCC2)c1OC. The number of hydrogen-bond acceptors (Lipinski definition) is 5. The minimum atomic E-state index is 0.701. The summed E-state index contributed by atoms with van der Waals surface area (Å²) in [5.41, 5.74) is 3.39. The van der Waals surface area contributed by atoms with Crippen LogP contribution in [0.1, 0.15) is 30.4 Å². The van der Waals surface area contributed by atoms with E-state index in [0.29, 0.717) is 6.54 Å². The molecule has 4 rings (SSSR count). The van der Waals surface area contributed by atoms with Gasteiger partial charge in [0.1, 0.15) is 5.82 Å². The molecule has 2 heterocycles. The number of methoxy groups -OCH3 is 2. The predicted molar refractivity (Wildman–Crippen MR) is 118 cm³/mol. The van der Waals surface area contributed by atoms with Crippen molar-refractivity contribution in [2.24, 2.45) is 0 Å². The molecule has 1 N–H and O–H groups in total. The lowest BCUT2D eigenvalue weighted by atomic mass is 10.1. The van der Waals surface area contributed by atoms with Gasteiger partial charge >= 0.3 is 0 Å². The monoisotopic (exact) mass is 391 g/mol. The van der Waals surface area contributed by atoms with E-state index in [0.717, 1.165) is 48.0 Å². The average Bonchev–Trinajstić information content (AvgIpc) is 2.79. The third-order valence-corrected chi connectivity index (χ3v) is 5.55. The number of rotatable bonds is 7. The highest BCUT2D eigenvalue weighted by Crippen LogP contribution is 2.31. The van der Waals surface area contributed by atoms with Gasteiger partial charge in [0.2, 0.25) is 0 Å². The van der Waals surface area contributed by atoms with Crippen molar-refractivity contribution < 1.29 is 9.47 Å². The number of anilines is 1. The first-order valence-corrected chi connectivity index (χ1v) is 10.3. The van der Waals surface area contributed by atoms with E-state index in [1.165, 1.54) is 30.2 Å². The van der Waals surface area contributed by atoms with Gasteiger partial charge in [0.25, 0.3) is 0 Å². The van der Waals surface area contributed by atoms with Crippen molar-refractivity contribution in [3.8, 4) is 11.5 Å². The van der Waals surface area contributed by atoms with Gasteiger partial charge in [0.15, 0.2) is 11.5 Å². The third-order valence-electron chi connectivity index (χ3n) is 5.55. The molecular weight excluding hydrogens is 362 g/mol. The van der Waals surface area contributed by atoms with Crippen molar-refractivity contribution in [1.29, 1.82) is 0 Å². The predicted octanol–water partition coefficient (Wildman–Crippen LogP) is 4.53. The molecule has 5 nitrogen and oxygen atoms in total. The highest BCUT2D eigenvalue weighted by atomic mass is 16.5. The van der Waals surface area contributed by atoms with E-state index in [2.05, 4.69) is 46.6 Å². The van der Waals surface area contributed by atoms with Gasteiger partial charge in [-0.25, -0.2) is 4.98 Å². The molecule has 0 bridgehead atoms. The zero-order valence-electron chi connectivity index (χ0n) is 17.3. The Kier molecular flexibility index (Phi) is 6.15. The molecule has 0 radical (unpaired) electrons. The second kappa shape index (κ2) is 9.14. The number of para-hydroxylation sites is 2. The van der Waals surface area contributed by atoms with Crippen LogP contribution in [0.5, 0.6) is 11.5 Å². The first-order valence-electron chi connectivity index (χ1n) is 10.3. The maximum atomic E-state index is 5.56. The molecule has 1 aliphatic heterocycles. The number of nitrogens with zero attached hydrogens (tertiary/aromatic N) is 2. The van der Waals surface area contributed by atoms with Gasteiger partial charge in [0.05, 0.1) is 19.7 Å². The van der Waals surface area contributed by atoms with Crippen LogP contribution >= 0.6 is 0 Å². The summed E-state index contributed by atoms with van der Waals surface area (Å²) in [7, 11) is 3.35. The van der Waals surface area contributed by atoms with Crippen molar-refractivity contribution in [1.82, 2.24) is 10.3 Å². The molecule has 0 saturated carbocycles. The van der Waals surface area contributed by atoms with E-state index in [1.807, 2.05) is 12.1 Å². The van der Waals surface area contributed by atoms with E-state index in [-0.39, 0.29) is 0 Å². The van der Waals surface area contributed by atoms with Crippen LogP contribution in [0.3, 0.4) is 0 Å². The fourth-order valence-electron chi connectivity index (χ4n) is 4.08. The topological polar surface area (TPSA) is 46.6 Å². The maximum absolute atomic E-state index is 5.56. The molecule has 0 spiro atoms. The third kappa shape index (κ3) is 4.30. The molecule has 5 heteroatoms. The van der Waals surface area contributed by atoms with Crippen LogP contribution in [0.25, 0.3) is 10.9 Å². The van der Waals surface area contributed by atoms with Gasteiger partial charge in [-0.15, -0.1) is 0 Å². The van der Waals surface area contributed by atoms with Gasteiger partial charge in [-0.05, 0) is 37.5 Å². The highest BCUT2D eigenvalue weighted by Gasteiger charge is 2.17. The van der Waals surface area contributed by atoms with Crippen molar-refractivity contribution >= 4 is 16.7 Å². The normalized spacial score (nSPS) is 14.2. The van der Waals surface area contributed by atoms with E-state index in [9.17, 15) is 0 Å². The number of piperidine rings is 1. The molecule has 1 aromatic heterocycles. The van der Waals surface area contributed by atoms with E-state index in [4.69, 9.17) is 14.5 Å². The summed E-state index contributed by atoms with van der Waals surface area (Å²) in [5, 5.41) is 4.77. The second-order valence-electron chi connectivity index (χ2n) is 7.47. The summed E-state index contributed by atoms with van der Waals surface area (Å²) in [6.07, 6.45) is 3.79. The van der Waals surface area contributed by atoms with Gasteiger partial charge in [0, 0.05) is 42.7 Å². The largest absolute Gasteiger partial charge is 0.493 e. The lowest BCUT2D eigenvalue weighted by molar-refractivity contribution is 0.350. The van der Waals surface area contributed by atoms with Crippen molar-refractivity contribution in [2.75, 3.05) is 32.2 Å². The summed E-state index contributed by atoms with van der Waals surface area (Å²) < 4.78 is 11.0. The lowest BCUT2D eigenvalue weighted by Gasteiger charge is -2.30. The average molecular weight is 392 g/mol. The van der Waals surface area contributed by atoms with Crippen LogP contribution in [0.15, 0.2) is 48.5 Å². The first-order chi connectivity index (χ1) is 14.3. The number of aromatic nitrogens is 1. The molecule has 0 unspecified atom stereocenters. The molecule has 29 heavy (non-hydrogen) atoms. The van der Waals surface area contributed by atoms with E-state index in [1.54, 1.807) is 14.2 Å². The smallest absolute Gasteiger partial charge is 0.165 e. The molecule has 0 amide bonds. The van der Waals surface area contributed by atoms with E-state index >= 15 is 0 Å².